The highest BCUT2D eigenvalue weighted by atomic mass is 16.3. The molecule has 2 aromatic rings. The van der Waals surface area contributed by atoms with Crippen molar-refractivity contribution in [3.63, 3.8) is 0 Å². The standard InChI is InChI=1S/C23H23N3O4/c27-19-7-5-16(6-8-19)21(28)9-10-22(29)25-13-11-18(12-14-25)26-15-17-3-1-2-4-20(17)24-23(26)30/h1-10,18,27H,11-15H2,(H,24,30). The van der Waals surface area contributed by atoms with Crippen LogP contribution >= 0.6 is 0 Å². The van der Waals surface area contributed by atoms with Gasteiger partial charge in [0.15, 0.2) is 5.78 Å². The number of carbonyl (C=O) groups is 3. The number of phenolic OH excluding ortho intramolecular Hbond substituents is 1. The first-order valence-electron chi connectivity index (χ1n) is 9.97. The van der Waals surface area contributed by atoms with E-state index in [9.17, 15) is 19.5 Å². The van der Waals surface area contributed by atoms with Crippen molar-refractivity contribution < 1.29 is 19.5 Å². The van der Waals surface area contributed by atoms with Gasteiger partial charge in [0.1, 0.15) is 5.75 Å². The van der Waals surface area contributed by atoms with Crippen LogP contribution in [-0.2, 0) is 11.3 Å². The number of urea groups is 1. The number of rotatable bonds is 4. The number of hydrogen-bond donors (Lipinski definition) is 2. The summed E-state index contributed by atoms with van der Waals surface area (Å²) in [6.07, 6.45) is 3.94. The van der Waals surface area contributed by atoms with Crippen molar-refractivity contribution in [1.29, 1.82) is 0 Å². The van der Waals surface area contributed by atoms with Crippen molar-refractivity contribution in [3.8, 4) is 5.75 Å². The van der Waals surface area contributed by atoms with Crippen molar-refractivity contribution in [3.05, 3.63) is 71.8 Å². The minimum Gasteiger partial charge on any atom is -0.508 e. The van der Waals surface area contributed by atoms with Crippen LogP contribution in [0.4, 0.5) is 10.5 Å². The number of benzene rings is 2. The molecule has 0 saturated carbocycles. The Hall–Kier alpha value is -3.61. The zero-order valence-corrected chi connectivity index (χ0v) is 16.5. The summed E-state index contributed by atoms with van der Waals surface area (Å²) in [7, 11) is 0. The number of likely N-dealkylation sites (tertiary alicyclic amines) is 1. The highest BCUT2D eigenvalue weighted by Crippen LogP contribution is 2.27. The van der Waals surface area contributed by atoms with Gasteiger partial charge in [-0.3, -0.25) is 9.59 Å². The lowest BCUT2D eigenvalue weighted by Crippen LogP contribution is -2.50. The summed E-state index contributed by atoms with van der Waals surface area (Å²) in [5, 5.41) is 12.2. The zero-order valence-electron chi connectivity index (χ0n) is 16.5. The maximum atomic E-state index is 12.5. The van der Waals surface area contributed by atoms with Crippen LogP contribution in [0, 0.1) is 0 Å². The van der Waals surface area contributed by atoms with Gasteiger partial charge in [0.25, 0.3) is 0 Å². The van der Waals surface area contributed by atoms with Crippen molar-refractivity contribution in [2.24, 2.45) is 0 Å². The number of anilines is 1. The van der Waals surface area contributed by atoms with E-state index in [1.165, 1.54) is 36.4 Å². The lowest BCUT2D eigenvalue weighted by atomic mass is 10.0. The van der Waals surface area contributed by atoms with Gasteiger partial charge in [-0.2, -0.15) is 0 Å². The number of fused-ring (bicyclic) bond motifs is 1. The summed E-state index contributed by atoms with van der Waals surface area (Å²) < 4.78 is 0. The Morgan fingerprint density at radius 3 is 2.43 bits per heavy atom. The van der Waals surface area contributed by atoms with E-state index in [0.29, 0.717) is 38.0 Å². The maximum absolute atomic E-state index is 12.5. The first-order valence-corrected chi connectivity index (χ1v) is 9.97. The predicted octanol–water partition coefficient (Wildman–Crippen LogP) is 3.17. The van der Waals surface area contributed by atoms with Crippen LogP contribution in [0.1, 0.15) is 28.8 Å². The molecule has 3 amide bonds. The first kappa shape index (κ1) is 19.7. The van der Waals surface area contributed by atoms with E-state index >= 15 is 0 Å². The number of ketones is 1. The molecule has 0 unspecified atom stereocenters. The molecule has 2 aliphatic rings. The van der Waals surface area contributed by atoms with Crippen LogP contribution in [0.5, 0.6) is 5.75 Å². The Kier molecular flexibility index (Phi) is 5.52. The van der Waals surface area contributed by atoms with Crippen molar-refractivity contribution >= 4 is 23.4 Å². The van der Waals surface area contributed by atoms with E-state index in [2.05, 4.69) is 5.32 Å². The molecule has 0 bridgehead atoms. The fourth-order valence-corrected chi connectivity index (χ4v) is 3.89. The molecule has 0 atom stereocenters. The van der Waals surface area contributed by atoms with Gasteiger partial charge in [0.05, 0.1) is 0 Å². The lowest BCUT2D eigenvalue weighted by Gasteiger charge is -2.40. The lowest BCUT2D eigenvalue weighted by molar-refractivity contribution is -0.127. The van der Waals surface area contributed by atoms with Gasteiger partial charge in [-0.25, -0.2) is 4.79 Å². The van der Waals surface area contributed by atoms with Crippen LogP contribution < -0.4 is 5.32 Å². The molecule has 4 rings (SSSR count). The molecule has 1 saturated heterocycles. The second kappa shape index (κ2) is 8.41. The summed E-state index contributed by atoms with van der Waals surface area (Å²) in [5.41, 5.74) is 2.35. The van der Waals surface area contributed by atoms with Crippen LogP contribution in [-0.4, -0.2) is 51.8 Å². The minimum atomic E-state index is -0.290. The average Bonchev–Trinajstić information content (AvgIpc) is 2.77. The van der Waals surface area contributed by atoms with Crippen LogP contribution in [0.2, 0.25) is 0 Å². The Bertz CT molecular complexity index is 992. The normalized spacial score (nSPS) is 17.0. The monoisotopic (exact) mass is 405 g/mol. The van der Waals surface area contributed by atoms with Gasteiger partial charge in [-0.1, -0.05) is 18.2 Å². The number of carbonyl (C=O) groups excluding carboxylic acids is 3. The molecule has 0 spiro atoms. The predicted molar refractivity (Wildman–Crippen MR) is 112 cm³/mol. The molecule has 0 aliphatic carbocycles. The van der Waals surface area contributed by atoms with Gasteiger partial charge in [-0.05, 0) is 54.8 Å². The first-order chi connectivity index (χ1) is 14.5. The Morgan fingerprint density at radius 2 is 1.70 bits per heavy atom. The smallest absolute Gasteiger partial charge is 0.322 e. The molecule has 2 N–H and O–H groups in total. The number of hydrogen-bond acceptors (Lipinski definition) is 4. The molecule has 2 aromatic carbocycles. The molecule has 0 radical (unpaired) electrons. The van der Waals surface area contributed by atoms with Gasteiger partial charge in [0, 0.05) is 43.0 Å². The van der Waals surface area contributed by atoms with Crippen LogP contribution in [0.25, 0.3) is 0 Å². The van der Waals surface area contributed by atoms with Crippen molar-refractivity contribution in [2.75, 3.05) is 18.4 Å². The minimum absolute atomic E-state index is 0.0741. The molecule has 1 fully saturated rings. The number of allylic oxidation sites excluding steroid dienone is 1. The number of aromatic hydroxyl groups is 1. The number of para-hydroxylation sites is 1. The average molecular weight is 405 g/mol. The van der Waals surface area contributed by atoms with Crippen LogP contribution in [0.15, 0.2) is 60.7 Å². The van der Waals surface area contributed by atoms with Crippen molar-refractivity contribution in [1.82, 2.24) is 9.80 Å². The zero-order chi connectivity index (χ0) is 21.1. The Balaban J connectivity index is 1.32. The summed E-state index contributed by atoms with van der Waals surface area (Å²) in [4.78, 5) is 40.6. The van der Waals surface area contributed by atoms with E-state index < -0.39 is 0 Å². The number of nitrogens with one attached hydrogen (secondary N) is 1. The summed E-state index contributed by atoms with van der Waals surface area (Å²) in [5.74, 6) is -0.420. The molecule has 0 aromatic heterocycles. The molecular formula is C23H23N3O4. The van der Waals surface area contributed by atoms with E-state index in [1.807, 2.05) is 29.2 Å². The van der Waals surface area contributed by atoms with Gasteiger partial charge in [0.2, 0.25) is 5.91 Å². The molecule has 7 nitrogen and oxygen atoms in total. The molecule has 154 valence electrons. The van der Waals surface area contributed by atoms with E-state index in [1.54, 1.807) is 4.90 Å². The Labute approximate surface area is 174 Å². The summed E-state index contributed by atoms with van der Waals surface area (Å²) in [6, 6.07) is 13.6. The van der Waals surface area contributed by atoms with E-state index in [-0.39, 0.29) is 29.5 Å². The third-order valence-corrected chi connectivity index (χ3v) is 5.61. The second-order valence-corrected chi connectivity index (χ2v) is 7.52. The van der Waals surface area contributed by atoms with E-state index in [0.717, 1.165) is 11.3 Å². The van der Waals surface area contributed by atoms with Gasteiger partial charge < -0.3 is 20.2 Å². The van der Waals surface area contributed by atoms with E-state index in [4.69, 9.17) is 0 Å². The third kappa shape index (κ3) is 4.20. The Morgan fingerprint density at radius 1 is 1.00 bits per heavy atom. The number of amides is 3. The SMILES string of the molecule is O=C(C=CC(=O)N1CCC(N2Cc3ccccc3NC2=O)CC1)c1ccc(O)cc1. The molecular weight excluding hydrogens is 382 g/mol. The van der Waals surface area contributed by atoms with Crippen molar-refractivity contribution in [2.45, 2.75) is 25.4 Å². The highest BCUT2D eigenvalue weighted by Gasteiger charge is 2.32. The van der Waals surface area contributed by atoms with Gasteiger partial charge >= 0.3 is 6.03 Å². The summed E-state index contributed by atoms with van der Waals surface area (Å²) in [6.45, 7) is 1.64. The third-order valence-electron chi connectivity index (χ3n) is 5.61. The fourth-order valence-electron chi connectivity index (χ4n) is 3.89. The number of nitrogens with zero attached hydrogens (tertiary/aromatic N) is 2. The topological polar surface area (TPSA) is 90.0 Å². The molecule has 30 heavy (non-hydrogen) atoms. The maximum Gasteiger partial charge on any atom is 0.322 e. The number of phenols is 1. The quantitative estimate of drug-likeness (QED) is 0.604. The fraction of sp³-hybridized carbons (Fsp3) is 0.261. The number of piperidine rings is 1. The highest BCUT2D eigenvalue weighted by molar-refractivity contribution is 6.07. The molecule has 7 heteroatoms. The summed E-state index contributed by atoms with van der Waals surface area (Å²) >= 11 is 0. The molecule has 2 heterocycles. The second-order valence-electron chi connectivity index (χ2n) is 7.52. The molecule has 2 aliphatic heterocycles. The largest absolute Gasteiger partial charge is 0.508 e. The van der Waals surface area contributed by atoms with Gasteiger partial charge in [-0.15, -0.1) is 0 Å². The van der Waals surface area contributed by atoms with Crippen LogP contribution in [0.3, 0.4) is 0 Å².